The minimum absolute atomic E-state index is 0.0423. The lowest BCUT2D eigenvalue weighted by molar-refractivity contribution is 0.238. The van der Waals surface area contributed by atoms with E-state index in [0.717, 1.165) is 41.9 Å². The van der Waals surface area contributed by atoms with Crippen molar-refractivity contribution in [1.82, 2.24) is 14.9 Å². The van der Waals surface area contributed by atoms with Crippen LogP contribution in [0.3, 0.4) is 0 Å². The Labute approximate surface area is 182 Å². The third-order valence-corrected chi connectivity index (χ3v) is 7.94. The second-order valence-electron chi connectivity index (χ2n) is 8.08. The third kappa shape index (κ3) is 5.37. The molecule has 1 atom stereocenters. The van der Waals surface area contributed by atoms with Gasteiger partial charge in [-0.3, -0.25) is 4.98 Å². The number of anilines is 1. The van der Waals surface area contributed by atoms with Crippen LogP contribution in [0.15, 0.2) is 48.7 Å². The lowest BCUT2D eigenvalue weighted by Crippen LogP contribution is -2.44. The number of benzene rings is 1. The molecule has 4 rings (SSSR count). The van der Waals surface area contributed by atoms with E-state index in [9.17, 15) is 12.8 Å². The van der Waals surface area contributed by atoms with Crippen LogP contribution in [-0.2, 0) is 15.6 Å². The van der Waals surface area contributed by atoms with Crippen molar-refractivity contribution < 1.29 is 12.8 Å². The summed E-state index contributed by atoms with van der Waals surface area (Å²) in [6.07, 6.45) is 3.29. The van der Waals surface area contributed by atoms with Crippen molar-refractivity contribution in [2.45, 2.75) is 30.8 Å². The number of halogens is 1. The number of piperidine rings is 1. The SMILES string of the molecule is Cc1nccc2nc(NCCN3CCCC(S(=O)(=O)Cc4ccc(F)cc4)C3)ccc12. The predicted molar refractivity (Wildman–Crippen MR) is 121 cm³/mol. The second-order valence-corrected chi connectivity index (χ2v) is 10.4. The first-order chi connectivity index (χ1) is 14.9. The number of nitrogens with zero attached hydrogens (tertiary/aromatic N) is 3. The molecule has 31 heavy (non-hydrogen) atoms. The summed E-state index contributed by atoms with van der Waals surface area (Å²) in [5, 5.41) is 4.00. The van der Waals surface area contributed by atoms with Crippen LogP contribution in [-0.4, -0.2) is 54.7 Å². The van der Waals surface area contributed by atoms with Crippen LogP contribution in [0.25, 0.3) is 10.9 Å². The average Bonchev–Trinajstić information content (AvgIpc) is 2.76. The Morgan fingerprint density at radius 1 is 1.16 bits per heavy atom. The highest BCUT2D eigenvalue weighted by Gasteiger charge is 2.30. The Balaban J connectivity index is 1.32. The molecule has 1 aliphatic rings. The van der Waals surface area contributed by atoms with E-state index in [2.05, 4.69) is 20.2 Å². The number of nitrogens with one attached hydrogen (secondary N) is 1. The summed E-state index contributed by atoms with van der Waals surface area (Å²) in [7, 11) is -3.29. The van der Waals surface area contributed by atoms with Gasteiger partial charge >= 0.3 is 0 Å². The summed E-state index contributed by atoms with van der Waals surface area (Å²) >= 11 is 0. The molecule has 1 fully saturated rings. The highest BCUT2D eigenvalue weighted by Crippen LogP contribution is 2.21. The molecular formula is C23H27FN4O2S. The van der Waals surface area contributed by atoms with E-state index in [1.807, 2.05) is 25.1 Å². The van der Waals surface area contributed by atoms with E-state index in [1.54, 1.807) is 18.3 Å². The van der Waals surface area contributed by atoms with Crippen LogP contribution in [0.2, 0.25) is 0 Å². The van der Waals surface area contributed by atoms with Gasteiger partial charge in [0.25, 0.3) is 0 Å². The summed E-state index contributed by atoms with van der Waals surface area (Å²) in [4.78, 5) is 11.1. The maximum Gasteiger partial charge on any atom is 0.158 e. The fraction of sp³-hybridized carbons (Fsp3) is 0.391. The normalized spacial score (nSPS) is 17.7. The number of aryl methyl sites for hydroxylation is 1. The molecule has 6 nitrogen and oxygen atoms in total. The third-order valence-electron chi connectivity index (χ3n) is 5.80. The molecule has 3 aromatic rings. The van der Waals surface area contributed by atoms with Gasteiger partial charge in [-0.15, -0.1) is 0 Å². The van der Waals surface area contributed by atoms with Gasteiger partial charge in [-0.2, -0.15) is 0 Å². The van der Waals surface area contributed by atoms with Crippen LogP contribution in [0, 0.1) is 12.7 Å². The zero-order chi connectivity index (χ0) is 21.8. The van der Waals surface area contributed by atoms with Gasteiger partial charge in [0.1, 0.15) is 11.6 Å². The van der Waals surface area contributed by atoms with E-state index < -0.39 is 9.84 Å². The van der Waals surface area contributed by atoms with Crippen LogP contribution in [0.4, 0.5) is 10.2 Å². The Kier molecular flexibility index (Phi) is 6.48. The van der Waals surface area contributed by atoms with Gasteiger partial charge in [0.2, 0.25) is 0 Å². The smallest absolute Gasteiger partial charge is 0.158 e. The van der Waals surface area contributed by atoms with Crippen molar-refractivity contribution in [1.29, 1.82) is 0 Å². The number of fused-ring (bicyclic) bond motifs is 1. The van der Waals surface area contributed by atoms with Gasteiger partial charge in [-0.1, -0.05) is 12.1 Å². The van der Waals surface area contributed by atoms with Crippen molar-refractivity contribution in [3.05, 3.63) is 65.7 Å². The lowest BCUT2D eigenvalue weighted by Gasteiger charge is -2.32. The molecule has 1 aliphatic heterocycles. The highest BCUT2D eigenvalue weighted by atomic mass is 32.2. The Morgan fingerprint density at radius 3 is 2.77 bits per heavy atom. The molecule has 0 aliphatic carbocycles. The fourth-order valence-corrected chi connectivity index (χ4v) is 5.93. The van der Waals surface area contributed by atoms with Gasteiger partial charge < -0.3 is 10.2 Å². The Bertz CT molecular complexity index is 1150. The summed E-state index contributed by atoms with van der Waals surface area (Å²) < 4.78 is 38.9. The minimum atomic E-state index is -3.29. The number of pyridine rings is 2. The van der Waals surface area contributed by atoms with Crippen LogP contribution < -0.4 is 5.32 Å². The molecular weight excluding hydrogens is 415 g/mol. The predicted octanol–water partition coefficient (Wildman–Crippen LogP) is 3.57. The van der Waals surface area contributed by atoms with E-state index >= 15 is 0 Å². The Morgan fingerprint density at radius 2 is 1.97 bits per heavy atom. The summed E-state index contributed by atoms with van der Waals surface area (Å²) in [6, 6.07) is 11.6. The molecule has 164 valence electrons. The summed E-state index contributed by atoms with van der Waals surface area (Å²) in [5.74, 6) is 0.403. The molecule has 0 radical (unpaired) electrons. The van der Waals surface area contributed by atoms with E-state index in [1.165, 1.54) is 12.1 Å². The van der Waals surface area contributed by atoms with E-state index in [4.69, 9.17) is 0 Å². The van der Waals surface area contributed by atoms with E-state index in [0.29, 0.717) is 25.1 Å². The maximum atomic E-state index is 13.1. The molecule has 1 unspecified atom stereocenters. The molecule has 0 bridgehead atoms. The number of hydrogen-bond donors (Lipinski definition) is 1. The first-order valence-corrected chi connectivity index (χ1v) is 12.3. The van der Waals surface area contributed by atoms with Crippen LogP contribution in [0.1, 0.15) is 24.1 Å². The van der Waals surface area contributed by atoms with Crippen molar-refractivity contribution in [3.8, 4) is 0 Å². The van der Waals surface area contributed by atoms with Gasteiger partial charge in [0, 0.05) is 36.9 Å². The lowest BCUT2D eigenvalue weighted by atomic mass is 10.1. The van der Waals surface area contributed by atoms with Gasteiger partial charge in [0.05, 0.1) is 16.5 Å². The van der Waals surface area contributed by atoms with Crippen LogP contribution in [0.5, 0.6) is 0 Å². The quantitative estimate of drug-likeness (QED) is 0.603. The fourth-order valence-electron chi connectivity index (χ4n) is 4.08. The molecule has 1 saturated heterocycles. The number of hydrogen-bond acceptors (Lipinski definition) is 6. The van der Waals surface area contributed by atoms with Crippen LogP contribution >= 0.6 is 0 Å². The van der Waals surface area contributed by atoms with Crippen molar-refractivity contribution >= 4 is 26.6 Å². The molecule has 0 saturated carbocycles. The zero-order valence-corrected chi connectivity index (χ0v) is 18.4. The number of rotatable bonds is 7. The summed E-state index contributed by atoms with van der Waals surface area (Å²) in [6.45, 7) is 4.82. The van der Waals surface area contributed by atoms with Gasteiger partial charge in [-0.25, -0.2) is 17.8 Å². The molecule has 1 aromatic carbocycles. The number of sulfone groups is 1. The number of aromatic nitrogens is 2. The molecule has 0 spiro atoms. The van der Waals surface area contributed by atoms with E-state index in [-0.39, 0.29) is 16.8 Å². The average molecular weight is 443 g/mol. The summed E-state index contributed by atoms with van der Waals surface area (Å²) in [5.41, 5.74) is 2.49. The largest absolute Gasteiger partial charge is 0.369 e. The topological polar surface area (TPSA) is 75.2 Å². The molecule has 2 aromatic heterocycles. The zero-order valence-electron chi connectivity index (χ0n) is 17.6. The van der Waals surface area contributed by atoms with Crippen molar-refractivity contribution in [2.75, 3.05) is 31.5 Å². The monoisotopic (exact) mass is 442 g/mol. The minimum Gasteiger partial charge on any atom is -0.369 e. The van der Waals surface area contributed by atoms with Gasteiger partial charge in [0.15, 0.2) is 9.84 Å². The molecule has 8 heteroatoms. The molecule has 1 N–H and O–H groups in total. The molecule has 0 amide bonds. The number of likely N-dealkylation sites (tertiary alicyclic amines) is 1. The standard InChI is InChI=1S/C23H27FN4O2S/c1-17-21-8-9-23(27-22(21)10-11-25-17)26-12-14-28-13-2-3-20(15-28)31(29,30)16-18-4-6-19(24)7-5-18/h4-11,20H,2-3,12-16H2,1H3,(H,26,27). The second kappa shape index (κ2) is 9.28. The van der Waals surface area contributed by atoms with Gasteiger partial charge in [-0.05, 0) is 62.2 Å². The molecule has 3 heterocycles. The first-order valence-electron chi connectivity index (χ1n) is 10.6. The highest BCUT2D eigenvalue weighted by molar-refractivity contribution is 7.91. The first kappa shape index (κ1) is 21.6. The maximum absolute atomic E-state index is 13.1. The Hall–Kier alpha value is -2.58. The van der Waals surface area contributed by atoms with Crippen molar-refractivity contribution in [3.63, 3.8) is 0 Å². The van der Waals surface area contributed by atoms with Crippen molar-refractivity contribution in [2.24, 2.45) is 0 Å².